The van der Waals surface area contributed by atoms with E-state index in [1.807, 2.05) is 85.1 Å². The molecule has 1 unspecified atom stereocenters. The van der Waals surface area contributed by atoms with Crippen LogP contribution in [-0.4, -0.2) is 50.8 Å². The predicted octanol–water partition coefficient (Wildman–Crippen LogP) is 5.13. The molecule has 8 heteroatoms. The van der Waals surface area contributed by atoms with Crippen LogP contribution in [0.3, 0.4) is 0 Å². The Morgan fingerprint density at radius 2 is 1.66 bits per heavy atom. The summed E-state index contributed by atoms with van der Waals surface area (Å²) in [5.74, 6) is -0.0702. The molecule has 3 aromatic rings. The van der Waals surface area contributed by atoms with Gasteiger partial charge in [-0.05, 0) is 49.9 Å². The van der Waals surface area contributed by atoms with Crippen molar-refractivity contribution in [3.8, 4) is 0 Å². The Morgan fingerprint density at radius 3 is 2.34 bits per heavy atom. The largest absolute Gasteiger partial charge is 3.00 e. The maximum atomic E-state index is 13.3. The smallest absolute Gasteiger partial charge is 0.405 e. The fourth-order valence-corrected chi connectivity index (χ4v) is 5.19. The second-order valence-electron chi connectivity index (χ2n) is 9.93. The van der Waals surface area contributed by atoms with E-state index in [1.54, 1.807) is 12.3 Å². The van der Waals surface area contributed by atoms with Crippen molar-refractivity contribution in [1.29, 1.82) is 0 Å². The summed E-state index contributed by atoms with van der Waals surface area (Å²) in [5, 5.41) is 3.04. The maximum Gasteiger partial charge on any atom is 3.00 e. The fourth-order valence-electron chi connectivity index (χ4n) is 5.19. The molecule has 2 atom stereocenters. The van der Waals surface area contributed by atoms with E-state index in [1.165, 1.54) is 6.20 Å². The Hall–Kier alpha value is -3.68. The van der Waals surface area contributed by atoms with Gasteiger partial charge in [-0.2, -0.15) is 6.07 Å². The number of rotatable bonds is 13. The quantitative estimate of drug-likeness (QED) is 0.163. The topological polar surface area (TPSA) is 87.4 Å². The predicted molar refractivity (Wildman–Crippen MR) is 160 cm³/mol. The summed E-state index contributed by atoms with van der Waals surface area (Å²) in [6.45, 7) is 9.90. The van der Waals surface area contributed by atoms with Crippen molar-refractivity contribution in [3.63, 3.8) is 0 Å². The van der Waals surface area contributed by atoms with Crippen LogP contribution in [0.1, 0.15) is 37.1 Å². The Balaban J connectivity index is 0.00000462. The van der Waals surface area contributed by atoms with Gasteiger partial charge in [0.15, 0.2) is 0 Å². The van der Waals surface area contributed by atoms with Crippen LogP contribution in [0.5, 0.6) is 0 Å². The Bertz CT molecular complexity index is 1210. The zero-order valence-electron chi connectivity index (χ0n) is 23.2. The number of hydrogen-bond donors (Lipinski definition) is 2. The van der Waals surface area contributed by atoms with Gasteiger partial charge in [0, 0.05) is 36.7 Å². The van der Waals surface area contributed by atoms with Crippen LogP contribution in [-0.2, 0) is 28.4 Å². The third-order valence-electron chi connectivity index (χ3n) is 6.97. The van der Waals surface area contributed by atoms with Crippen LogP contribution in [0.15, 0.2) is 109 Å². The second-order valence-corrected chi connectivity index (χ2v) is 9.93. The molecule has 213 valence electrons. The molecule has 41 heavy (non-hydrogen) atoms. The van der Waals surface area contributed by atoms with Gasteiger partial charge in [-0.1, -0.05) is 54.9 Å². The number of amides is 1. The van der Waals surface area contributed by atoms with Gasteiger partial charge in [-0.3, -0.25) is 26.2 Å². The first-order chi connectivity index (χ1) is 19.6. The van der Waals surface area contributed by atoms with E-state index in [0.717, 1.165) is 42.8 Å². The molecule has 1 fully saturated rings. The van der Waals surface area contributed by atoms with Crippen molar-refractivity contribution >= 4 is 11.6 Å². The Morgan fingerprint density at radius 1 is 0.951 bits per heavy atom. The summed E-state index contributed by atoms with van der Waals surface area (Å²) in [6, 6.07) is 21.7. The van der Waals surface area contributed by atoms with Gasteiger partial charge in [0.2, 0.25) is 5.91 Å². The second kappa shape index (κ2) is 17.2. The molecule has 0 aliphatic heterocycles. The van der Waals surface area contributed by atoms with E-state index in [4.69, 9.17) is 12.3 Å². The third kappa shape index (κ3) is 10.3. The Kier molecular flexibility index (Phi) is 13.4. The van der Waals surface area contributed by atoms with Crippen molar-refractivity contribution in [2.75, 3.05) is 18.4 Å². The van der Waals surface area contributed by atoms with Gasteiger partial charge >= 0.3 is 17.1 Å². The summed E-state index contributed by atoms with van der Waals surface area (Å²) < 4.78 is 0. The van der Waals surface area contributed by atoms with Crippen molar-refractivity contribution in [2.24, 2.45) is 5.73 Å². The number of anilines is 1. The molecule has 1 radical (unpaired) electrons. The molecule has 1 aliphatic rings. The summed E-state index contributed by atoms with van der Waals surface area (Å²) in [4.78, 5) is 27.0. The van der Waals surface area contributed by atoms with E-state index in [9.17, 15) is 4.79 Å². The molecule has 1 aromatic carbocycles. The van der Waals surface area contributed by atoms with Crippen molar-refractivity contribution in [2.45, 2.75) is 44.3 Å². The molecule has 2 aromatic heterocycles. The molecule has 7 nitrogen and oxygen atoms in total. The minimum Gasteiger partial charge on any atom is -0.405 e. The summed E-state index contributed by atoms with van der Waals surface area (Å²) in [6.07, 6.45) is 14.6. The number of aromatic nitrogens is 2. The number of hydrogen-bond acceptors (Lipinski definition) is 6. The summed E-state index contributed by atoms with van der Waals surface area (Å²) in [7, 11) is 0. The van der Waals surface area contributed by atoms with Gasteiger partial charge in [0.1, 0.15) is 0 Å². The SMILES string of the molecule is [CH-]=C(/C=C\C=C/N)CN(CC(=O)Nc1ccccc1)[C@H]1CCCCC1N([CH-]c1ccccn1)Cc1ccccn1.[Fe+3]. The first-order valence-electron chi connectivity index (χ1n) is 13.8. The average molecular weight is 591 g/mol. The van der Waals surface area contributed by atoms with E-state index >= 15 is 0 Å². The molecular formula is C33H38FeN6O+. The van der Waals surface area contributed by atoms with Crippen LogP contribution in [0.25, 0.3) is 0 Å². The van der Waals surface area contributed by atoms with E-state index in [2.05, 4.69) is 31.6 Å². The molecule has 0 spiro atoms. The van der Waals surface area contributed by atoms with Gasteiger partial charge in [-0.15, -0.1) is 18.7 Å². The number of carbonyl (C=O) groups is 1. The third-order valence-corrected chi connectivity index (χ3v) is 6.97. The zero-order valence-corrected chi connectivity index (χ0v) is 24.3. The number of benzene rings is 1. The summed E-state index contributed by atoms with van der Waals surface area (Å²) in [5.41, 5.74) is 8.80. The monoisotopic (exact) mass is 590 g/mol. The molecule has 0 bridgehead atoms. The van der Waals surface area contributed by atoms with Crippen LogP contribution in [0, 0.1) is 13.1 Å². The molecule has 1 saturated carbocycles. The minimum atomic E-state index is -0.0702. The number of allylic oxidation sites excluding steroid dienone is 2. The molecule has 0 saturated heterocycles. The van der Waals surface area contributed by atoms with Crippen LogP contribution in [0.4, 0.5) is 5.69 Å². The van der Waals surface area contributed by atoms with Gasteiger partial charge in [0.25, 0.3) is 0 Å². The first kappa shape index (κ1) is 31.8. The van der Waals surface area contributed by atoms with Gasteiger partial charge in [0.05, 0.1) is 12.2 Å². The minimum absolute atomic E-state index is 0. The van der Waals surface area contributed by atoms with Crippen molar-refractivity contribution in [3.05, 3.63) is 134 Å². The van der Waals surface area contributed by atoms with Crippen LogP contribution in [0.2, 0.25) is 0 Å². The standard InChI is InChI=1S/C33H38N6O.Fe/c1-27(13-7-10-20-34)23-38(26-33(40)37-28-14-3-2-4-15-28)31-18-5-6-19-32(31)39(24-29-16-8-11-21-35-29)25-30-17-9-12-22-36-30;/h1-4,7-17,20-22,24,31-32H,5-6,18-19,23,25-26,34H2,(H,37,40);/q-2;+3/b13-7-,20-10-;/t31-,32?;/m0./s1. The number of para-hydroxylation sites is 1. The van der Waals surface area contributed by atoms with Crippen LogP contribution >= 0.6 is 0 Å². The molecule has 2 heterocycles. The molecular weight excluding hydrogens is 552 g/mol. The zero-order chi connectivity index (χ0) is 28.0. The number of pyridine rings is 2. The fraction of sp³-hybridized carbons (Fsp3) is 0.273. The number of nitrogens with one attached hydrogen (secondary N) is 1. The number of carbonyl (C=O) groups excluding carboxylic acids is 1. The van der Waals surface area contributed by atoms with E-state index < -0.39 is 0 Å². The normalized spacial score (nSPS) is 17.0. The Labute approximate surface area is 254 Å². The van der Waals surface area contributed by atoms with E-state index in [-0.39, 0.29) is 41.6 Å². The first-order valence-corrected chi connectivity index (χ1v) is 13.8. The van der Waals surface area contributed by atoms with Crippen molar-refractivity contribution < 1.29 is 21.9 Å². The van der Waals surface area contributed by atoms with Crippen LogP contribution < -0.4 is 11.1 Å². The van der Waals surface area contributed by atoms with E-state index in [0.29, 0.717) is 18.7 Å². The van der Waals surface area contributed by atoms with Gasteiger partial charge < -0.3 is 16.0 Å². The molecule has 3 N–H and O–H groups in total. The number of nitrogens with zero attached hydrogens (tertiary/aromatic N) is 4. The average Bonchev–Trinajstić information content (AvgIpc) is 2.98. The molecule has 1 aliphatic carbocycles. The molecule has 1 amide bonds. The maximum absolute atomic E-state index is 13.3. The summed E-state index contributed by atoms with van der Waals surface area (Å²) >= 11 is 0. The number of nitrogens with two attached hydrogens (primary N) is 1. The van der Waals surface area contributed by atoms with Gasteiger partial charge in [-0.25, -0.2) is 11.6 Å². The molecule has 4 rings (SSSR count). The van der Waals surface area contributed by atoms with Crippen molar-refractivity contribution in [1.82, 2.24) is 19.8 Å².